The Labute approximate surface area is 435 Å². The maximum atomic E-state index is 13.1. The summed E-state index contributed by atoms with van der Waals surface area (Å²) in [5.74, 6) is -0.255. The molecule has 12 unspecified atom stereocenters. The predicted octanol–water partition coefficient (Wildman–Crippen LogP) is 9.00. The predicted molar refractivity (Wildman–Crippen MR) is 286 cm³/mol. The van der Waals surface area contributed by atoms with E-state index < -0.39 is 86.8 Å². The van der Waals surface area contributed by atoms with Crippen molar-refractivity contribution >= 4 is 5.91 Å². The van der Waals surface area contributed by atoms with E-state index in [0.717, 1.165) is 51.4 Å². The van der Waals surface area contributed by atoms with Crippen LogP contribution in [0.25, 0.3) is 0 Å². The second kappa shape index (κ2) is 43.9. The van der Waals surface area contributed by atoms with Crippen molar-refractivity contribution in [3.05, 3.63) is 60.8 Å². The average Bonchev–Trinajstić information content (AvgIpc) is 3.38. The van der Waals surface area contributed by atoms with Crippen LogP contribution in [0.5, 0.6) is 0 Å². The van der Waals surface area contributed by atoms with Gasteiger partial charge in [-0.25, -0.2) is 0 Å². The summed E-state index contributed by atoms with van der Waals surface area (Å²) in [7, 11) is 0. The fraction of sp³-hybridized carbons (Fsp3) is 0.810. The van der Waals surface area contributed by atoms with Crippen molar-refractivity contribution in [2.45, 2.75) is 280 Å². The number of allylic oxidation sites excluding steroid dienone is 9. The molecule has 0 radical (unpaired) electrons. The lowest BCUT2D eigenvalue weighted by molar-refractivity contribution is -0.359. The molecule has 72 heavy (non-hydrogen) atoms. The van der Waals surface area contributed by atoms with Gasteiger partial charge in [0, 0.05) is 6.42 Å². The molecule has 2 rings (SSSR count). The summed E-state index contributed by atoms with van der Waals surface area (Å²) >= 11 is 0. The summed E-state index contributed by atoms with van der Waals surface area (Å²) in [6, 6.07) is -0.929. The number of carbonyl (C=O) groups is 1. The van der Waals surface area contributed by atoms with Gasteiger partial charge in [0.1, 0.15) is 48.8 Å². The Bertz CT molecular complexity index is 1440. The Morgan fingerprint density at radius 3 is 1.50 bits per heavy atom. The molecule has 0 saturated carbocycles. The maximum absolute atomic E-state index is 13.1. The van der Waals surface area contributed by atoms with Gasteiger partial charge in [-0.1, -0.05) is 197 Å². The van der Waals surface area contributed by atoms with Crippen molar-refractivity contribution in [1.82, 2.24) is 5.32 Å². The molecule has 0 spiro atoms. The fourth-order valence-corrected chi connectivity index (χ4v) is 9.03. The van der Waals surface area contributed by atoms with Crippen LogP contribution in [0.1, 0.15) is 206 Å². The Hall–Kier alpha value is -2.31. The number of nitrogens with one attached hydrogen (secondary N) is 1. The molecule has 9 N–H and O–H groups in total. The molecule has 0 bridgehead atoms. The molecule has 2 aliphatic rings. The molecule has 2 fully saturated rings. The van der Waals surface area contributed by atoms with Crippen molar-refractivity contribution in [3.8, 4) is 0 Å². The quantitative estimate of drug-likeness (QED) is 0.0205. The summed E-state index contributed by atoms with van der Waals surface area (Å²) in [6.07, 6.45) is 39.0. The fourth-order valence-electron chi connectivity index (χ4n) is 9.03. The first-order chi connectivity index (χ1) is 35.1. The minimum Gasteiger partial charge on any atom is -0.394 e. The molecule has 2 heterocycles. The van der Waals surface area contributed by atoms with E-state index in [-0.39, 0.29) is 18.9 Å². The molecule has 2 aliphatic heterocycles. The Morgan fingerprint density at radius 2 is 0.958 bits per heavy atom. The van der Waals surface area contributed by atoms with E-state index in [1.165, 1.54) is 122 Å². The summed E-state index contributed by atoms with van der Waals surface area (Å²) in [4.78, 5) is 13.1. The van der Waals surface area contributed by atoms with Gasteiger partial charge in [-0.05, 0) is 64.2 Å². The monoisotopic (exact) mass is 1020 g/mol. The van der Waals surface area contributed by atoms with Gasteiger partial charge in [0.05, 0.1) is 32.0 Å². The molecule has 0 aromatic rings. The van der Waals surface area contributed by atoms with Crippen molar-refractivity contribution in [2.75, 3.05) is 19.8 Å². The van der Waals surface area contributed by atoms with E-state index in [1.54, 1.807) is 6.08 Å². The van der Waals surface area contributed by atoms with E-state index in [4.69, 9.17) is 18.9 Å². The molecule has 0 aliphatic carbocycles. The molecule has 0 aromatic heterocycles. The van der Waals surface area contributed by atoms with Crippen LogP contribution in [-0.4, -0.2) is 140 Å². The summed E-state index contributed by atoms with van der Waals surface area (Å²) in [5.41, 5.74) is 0. The molecular weight excluding hydrogens is 919 g/mol. The lowest BCUT2D eigenvalue weighted by atomic mass is 9.97. The van der Waals surface area contributed by atoms with Gasteiger partial charge in [-0.2, -0.15) is 0 Å². The zero-order chi connectivity index (χ0) is 52.4. The van der Waals surface area contributed by atoms with E-state index in [9.17, 15) is 45.6 Å². The Morgan fingerprint density at radius 1 is 0.500 bits per heavy atom. The van der Waals surface area contributed by atoms with Crippen LogP contribution >= 0.6 is 0 Å². The number of carbonyl (C=O) groups excluding carboxylic acids is 1. The minimum atomic E-state index is -1.79. The van der Waals surface area contributed by atoms with Crippen molar-refractivity contribution in [2.24, 2.45) is 0 Å². The normalized spacial score (nSPS) is 26.0. The van der Waals surface area contributed by atoms with Crippen LogP contribution in [0.3, 0.4) is 0 Å². The van der Waals surface area contributed by atoms with Crippen LogP contribution in [-0.2, 0) is 23.7 Å². The highest BCUT2D eigenvalue weighted by molar-refractivity contribution is 5.76. The standard InChI is InChI=1S/C58H103NO13/c1-3-5-7-9-11-12-13-14-15-16-17-18-19-20-21-22-23-24-25-26-27-28-29-30-31-32-33-34-36-38-40-42-50(63)59-46(47(62)41-39-37-35-10-8-6-4-2)45-69-57-55(68)53(66)56(49(44-61)71-57)72-58-54(67)52(65)51(64)48(43-60)70-58/h8,10,13-14,16-17,19-20,39,41,46-49,51-58,60-62,64-68H,3-7,9,11-12,15,18,21-38,40,42-45H2,1-2H3,(H,59,63)/b10-8+,14-13-,17-16-,20-19-,41-39+. The van der Waals surface area contributed by atoms with Crippen molar-refractivity contribution in [3.63, 3.8) is 0 Å². The zero-order valence-electron chi connectivity index (χ0n) is 44.7. The molecule has 2 saturated heterocycles. The first-order valence-electron chi connectivity index (χ1n) is 28.5. The van der Waals surface area contributed by atoms with Gasteiger partial charge < -0.3 is 65.1 Å². The highest BCUT2D eigenvalue weighted by Crippen LogP contribution is 2.30. The number of unbranched alkanes of at least 4 members (excludes halogenated alkanes) is 23. The first-order valence-corrected chi connectivity index (χ1v) is 28.5. The van der Waals surface area contributed by atoms with Crippen LogP contribution in [0.4, 0.5) is 0 Å². The number of hydrogen-bond donors (Lipinski definition) is 9. The molecule has 0 aromatic carbocycles. The molecular formula is C58H103NO13. The number of rotatable bonds is 44. The molecule has 14 nitrogen and oxygen atoms in total. The second-order valence-electron chi connectivity index (χ2n) is 20.1. The van der Waals surface area contributed by atoms with Gasteiger partial charge in [-0.3, -0.25) is 4.79 Å². The van der Waals surface area contributed by atoms with E-state index in [0.29, 0.717) is 12.8 Å². The van der Waals surface area contributed by atoms with E-state index >= 15 is 0 Å². The average molecular weight is 1020 g/mol. The third kappa shape index (κ3) is 29.7. The van der Waals surface area contributed by atoms with Crippen LogP contribution in [0.2, 0.25) is 0 Å². The zero-order valence-corrected chi connectivity index (χ0v) is 44.7. The third-order valence-corrected chi connectivity index (χ3v) is 13.7. The van der Waals surface area contributed by atoms with E-state index in [2.05, 4.69) is 67.8 Å². The number of aliphatic hydroxyl groups is 8. The highest BCUT2D eigenvalue weighted by atomic mass is 16.7. The van der Waals surface area contributed by atoms with Gasteiger partial charge >= 0.3 is 0 Å². The van der Waals surface area contributed by atoms with Crippen molar-refractivity contribution < 1.29 is 64.6 Å². The van der Waals surface area contributed by atoms with Gasteiger partial charge in [0.2, 0.25) is 5.91 Å². The second-order valence-corrected chi connectivity index (χ2v) is 20.1. The molecule has 12 atom stereocenters. The van der Waals surface area contributed by atoms with Crippen LogP contribution in [0, 0.1) is 0 Å². The number of aliphatic hydroxyl groups excluding tert-OH is 8. The lowest BCUT2D eigenvalue weighted by Gasteiger charge is -2.46. The van der Waals surface area contributed by atoms with Gasteiger partial charge in [-0.15, -0.1) is 0 Å². The lowest BCUT2D eigenvalue weighted by Crippen LogP contribution is -2.65. The summed E-state index contributed by atoms with van der Waals surface area (Å²) in [5, 5.41) is 86.5. The van der Waals surface area contributed by atoms with Crippen molar-refractivity contribution in [1.29, 1.82) is 0 Å². The Balaban J connectivity index is 1.61. The Kier molecular flexibility index (Phi) is 40.1. The van der Waals surface area contributed by atoms with Crippen LogP contribution in [0.15, 0.2) is 60.8 Å². The summed E-state index contributed by atoms with van der Waals surface area (Å²) in [6.45, 7) is 2.63. The van der Waals surface area contributed by atoms with Gasteiger partial charge in [0.15, 0.2) is 12.6 Å². The number of amides is 1. The topological polar surface area (TPSA) is 228 Å². The highest BCUT2D eigenvalue weighted by Gasteiger charge is 2.51. The number of ether oxygens (including phenoxy) is 4. The van der Waals surface area contributed by atoms with Crippen LogP contribution < -0.4 is 5.32 Å². The third-order valence-electron chi connectivity index (χ3n) is 13.7. The largest absolute Gasteiger partial charge is 0.394 e. The SMILES string of the molecule is CCC/C=C/CC/C=C/C(O)C(COC1OC(CO)C(OC2OC(CO)C(O)C(O)C2O)C(O)C1O)NC(=O)CCCCCCCCCCCCCCCCCC/C=C\C/C=C\C/C=C\CCCCCCC. The van der Waals surface area contributed by atoms with Gasteiger partial charge in [0.25, 0.3) is 0 Å². The molecule has 1 amide bonds. The van der Waals surface area contributed by atoms with E-state index in [1.807, 2.05) is 6.08 Å². The molecule has 14 heteroatoms. The summed E-state index contributed by atoms with van der Waals surface area (Å²) < 4.78 is 22.6. The number of hydrogen-bond acceptors (Lipinski definition) is 13. The molecule has 418 valence electrons. The minimum absolute atomic E-state index is 0.255. The smallest absolute Gasteiger partial charge is 0.220 e. The maximum Gasteiger partial charge on any atom is 0.220 e. The first kappa shape index (κ1) is 65.8.